The molecule has 0 unspecified atom stereocenters. The van der Waals surface area contributed by atoms with Crippen molar-refractivity contribution in [2.45, 2.75) is 13.2 Å². The van der Waals surface area contributed by atoms with Crippen LogP contribution in [-0.4, -0.2) is 42.8 Å². The molecule has 0 aromatic heterocycles. The van der Waals surface area contributed by atoms with Gasteiger partial charge in [-0.05, 0) is 11.1 Å². The molecular weight excluding hydrogens is 373 g/mol. The molecule has 1 aromatic rings. The van der Waals surface area contributed by atoms with Crippen LogP contribution in [0.25, 0.3) is 0 Å². The number of ether oxygens (including phenoxy) is 2. The molecule has 0 aliphatic heterocycles. The Labute approximate surface area is 133 Å². The number of likely N-dealkylation sites (N-methyl/N-ethyl adjacent to an activating group) is 1. The van der Waals surface area contributed by atoms with Gasteiger partial charge in [-0.2, -0.15) is 0 Å². The summed E-state index contributed by atoms with van der Waals surface area (Å²) in [6, 6.07) is 7.98. The second-order valence-corrected chi connectivity index (χ2v) is 5.20. The molecule has 0 heterocycles. The van der Waals surface area contributed by atoms with E-state index in [1.807, 2.05) is 24.3 Å². The summed E-state index contributed by atoms with van der Waals surface area (Å²) in [5.74, 6) is -0.212. The second-order valence-electron chi connectivity index (χ2n) is 4.12. The van der Waals surface area contributed by atoms with E-state index in [9.17, 15) is 4.79 Å². The van der Waals surface area contributed by atoms with Crippen LogP contribution in [0.2, 0.25) is 0 Å². The molecule has 5 nitrogen and oxygen atoms in total. The number of nitrogens with zero attached hydrogens (tertiary/aromatic N) is 1. The molecule has 0 aliphatic carbocycles. The molecule has 1 aromatic carbocycles. The van der Waals surface area contributed by atoms with Gasteiger partial charge in [-0.25, -0.2) is 5.06 Å². The van der Waals surface area contributed by atoms with E-state index in [0.29, 0.717) is 13.2 Å². The van der Waals surface area contributed by atoms with Crippen molar-refractivity contribution in [2.75, 3.05) is 31.8 Å². The Morgan fingerprint density at radius 1 is 1.15 bits per heavy atom. The molecule has 1 rings (SSSR count). The van der Waals surface area contributed by atoms with Gasteiger partial charge in [0.2, 0.25) is 0 Å². The zero-order chi connectivity index (χ0) is 14.8. The third-order valence-electron chi connectivity index (χ3n) is 2.63. The Morgan fingerprint density at radius 3 is 2.20 bits per heavy atom. The van der Waals surface area contributed by atoms with Gasteiger partial charge in [0, 0.05) is 11.5 Å². The van der Waals surface area contributed by atoms with Crippen LogP contribution >= 0.6 is 22.6 Å². The van der Waals surface area contributed by atoms with Crippen LogP contribution in [0.1, 0.15) is 11.1 Å². The predicted molar refractivity (Wildman–Crippen MR) is 84.4 cm³/mol. The monoisotopic (exact) mass is 393 g/mol. The van der Waals surface area contributed by atoms with E-state index in [1.165, 1.54) is 7.11 Å². The largest absolute Gasteiger partial charge is 0.376 e. The number of halogens is 1. The zero-order valence-electron chi connectivity index (χ0n) is 11.8. The van der Waals surface area contributed by atoms with Crippen LogP contribution in [0.15, 0.2) is 24.3 Å². The number of alkyl halides is 1. The summed E-state index contributed by atoms with van der Waals surface area (Å²) >= 11 is 2.28. The van der Waals surface area contributed by atoms with Gasteiger partial charge in [0.05, 0.1) is 26.9 Å². The number of hydrogen-bond donors (Lipinski definition) is 0. The molecule has 1 amide bonds. The quantitative estimate of drug-likeness (QED) is 0.279. The highest BCUT2D eigenvalue weighted by Crippen LogP contribution is 2.07. The fourth-order valence-corrected chi connectivity index (χ4v) is 1.74. The van der Waals surface area contributed by atoms with E-state index in [1.54, 1.807) is 7.05 Å². The van der Waals surface area contributed by atoms with Crippen molar-refractivity contribution >= 4 is 28.5 Å². The highest BCUT2D eigenvalue weighted by molar-refractivity contribution is 14.1. The second kappa shape index (κ2) is 10.1. The molecule has 0 spiro atoms. The molecule has 20 heavy (non-hydrogen) atoms. The molecule has 6 heteroatoms. The third-order valence-corrected chi connectivity index (χ3v) is 3.07. The number of carbonyl (C=O) groups is 1. The fourth-order valence-electron chi connectivity index (χ4n) is 1.43. The smallest absolute Gasteiger partial charge is 0.271 e. The molecule has 0 radical (unpaired) electrons. The molecular formula is C14H20INO4. The summed E-state index contributed by atoms with van der Waals surface area (Å²) in [7, 11) is 2.99. The van der Waals surface area contributed by atoms with Crippen LogP contribution in [0.5, 0.6) is 0 Å². The average Bonchev–Trinajstić information content (AvgIpc) is 2.48. The summed E-state index contributed by atoms with van der Waals surface area (Å²) < 4.78 is 11.8. The lowest BCUT2D eigenvalue weighted by atomic mass is 10.1. The zero-order valence-corrected chi connectivity index (χ0v) is 14.0. The highest BCUT2D eigenvalue weighted by Gasteiger charge is 2.07. The van der Waals surface area contributed by atoms with Gasteiger partial charge in [-0.1, -0.05) is 46.9 Å². The van der Waals surface area contributed by atoms with Crippen LogP contribution in [0, 0.1) is 0 Å². The number of amides is 1. The van der Waals surface area contributed by atoms with Crippen LogP contribution in [-0.2, 0) is 32.3 Å². The van der Waals surface area contributed by atoms with Crippen molar-refractivity contribution in [3.63, 3.8) is 0 Å². The minimum Gasteiger partial charge on any atom is -0.376 e. The van der Waals surface area contributed by atoms with Crippen molar-refractivity contribution in [3.05, 3.63) is 35.4 Å². The number of hydrogen-bond acceptors (Lipinski definition) is 4. The lowest BCUT2D eigenvalue weighted by Gasteiger charge is -2.13. The van der Waals surface area contributed by atoms with Gasteiger partial charge in [-0.15, -0.1) is 0 Å². The summed E-state index contributed by atoms with van der Waals surface area (Å²) in [5, 5.41) is 1.15. The molecule has 0 fully saturated rings. The van der Waals surface area contributed by atoms with Crippen molar-refractivity contribution in [1.29, 1.82) is 0 Å². The van der Waals surface area contributed by atoms with Crippen LogP contribution in [0.3, 0.4) is 0 Å². The SMILES string of the molecule is CON(C)C(=O)COCc1ccc(COCCI)cc1. The van der Waals surface area contributed by atoms with Gasteiger partial charge in [0.1, 0.15) is 6.61 Å². The highest BCUT2D eigenvalue weighted by atomic mass is 127. The Kier molecular flexibility index (Phi) is 8.75. The van der Waals surface area contributed by atoms with Gasteiger partial charge in [0.25, 0.3) is 5.91 Å². The Hall–Kier alpha value is -0.700. The van der Waals surface area contributed by atoms with Crippen molar-refractivity contribution in [2.24, 2.45) is 0 Å². The lowest BCUT2D eigenvalue weighted by molar-refractivity contribution is -0.173. The number of carbonyl (C=O) groups excluding carboxylic acids is 1. The first-order chi connectivity index (χ1) is 9.67. The van der Waals surface area contributed by atoms with E-state index in [0.717, 1.165) is 27.2 Å². The predicted octanol–water partition coefficient (Wildman–Crippen LogP) is 2.17. The maximum Gasteiger partial charge on any atom is 0.271 e. The van der Waals surface area contributed by atoms with E-state index in [2.05, 4.69) is 22.6 Å². The maximum atomic E-state index is 11.4. The van der Waals surface area contributed by atoms with Crippen LogP contribution < -0.4 is 0 Å². The first kappa shape index (κ1) is 17.4. The molecule has 0 atom stereocenters. The number of benzene rings is 1. The van der Waals surface area contributed by atoms with Gasteiger partial charge in [-0.3, -0.25) is 9.63 Å². The Morgan fingerprint density at radius 2 is 1.70 bits per heavy atom. The minimum atomic E-state index is -0.212. The van der Waals surface area contributed by atoms with Gasteiger partial charge >= 0.3 is 0 Å². The third kappa shape index (κ3) is 6.65. The van der Waals surface area contributed by atoms with E-state index in [4.69, 9.17) is 14.3 Å². The first-order valence-electron chi connectivity index (χ1n) is 6.27. The van der Waals surface area contributed by atoms with Crippen molar-refractivity contribution < 1.29 is 19.1 Å². The van der Waals surface area contributed by atoms with Crippen molar-refractivity contribution in [1.82, 2.24) is 5.06 Å². The van der Waals surface area contributed by atoms with E-state index >= 15 is 0 Å². The molecule has 0 saturated heterocycles. The summed E-state index contributed by atoms with van der Waals surface area (Å²) in [6.45, 7) is 1.80. The van der Waals surface area contributed by atoms with E-state index < -0.39 is 0 Å². The molecule has 0 bridgehead atoms. The summed E-state index contributed by atoms with van der Waals surface area (Å²) in [6.07, 6.45) is 0. The normalized spacial score (nSPS) is 10.6. The van der Waals surface area contributed by atoms with Crippen molar-refractivity contribution in [3.8, 4) is 0 Å². The Bertz CT molecular complexity index is 397. The fraction of sp³-hybridized carbons (Fsp3) is 0.500. The number of rotatable bonds is 9. The van der Waals surface area contributed by atoms with E-state index in [-0.39, 0.29) is 12.5 Å². The topological polar surface area (TPSA) is 48.0 Å². The first-order valence-corrected chi connectivity index (χ1v) is 7.80. The summed E-state index contributed by atoms with van der Waals surface area (Å²) in [4.78, 5) is 16.2. The molecule has 0 aliphatic rings. The summed E-state index contributed by atoms with van der Waals surface area (Å²) in [5.41, 5.74) is 2.16. The van der Waals surface area contributed by atoms with Crippen LogP contribution in [0.4, 0.5) is 0 Å². The number of hydroxylamine groups is 2. The lowest BCUT2D eigenvalue weighted by Crippen LogP contribution is -2.29. The molecule has 0 saturated carbocycles. The average molecular weight is 393 g/mol. The Balaban J connectivity index is 2.29. The standard InChI is InChI=1S/C14H20INO4/c1-16(18-2)14(17)11-20-10-13-5-3-12(4-6-13)9-19-8-7-15/h3-6H,7-11H2,1-2H3. The molecule has 112 valence electrons. The minimum absolute atomic E-state index is 0.00482. The maximum absolute atomic E-state index is 11.4. The van der Waals surface area contributed by atoms with Gasteiger partial charge < -0.3 is 9.47 Å². The molecule has 0 N–H and O–H groups in total. The van der Waals surface area contributed by atoms with Gasteiger partial charge in [0.15, 0.2) is 0 Å².